The number of aliphatic hydroxyl groups excluding tert-OH is 1. The predicted molar refractivity (Wildman–Crippen MR) is 94.5 cm³/mol. The molecule has 2 aromatic carbocycles. The van der Waals surface area contributed by atoms with E-state index in [9.17, 15) is 9.90 Å². The third-order valence-corrected chi connectivity index (χ3v) is 5.11. The standard InChI is InChI=1S/C21H22O5/c22-18-16-11-17(24-13-16)19(26-21(23)15-9-5-2-6-10-15)20(18)25-12-14-7-3-1-4-8-14/h1-10,16-20,22H,11-13H2/t16?,17?,18?,19-,20-/m1/s1. The molecule has 2 bridgehead atoms. The normalized spacial score (nSPS) is 30.1. The number of aliphatic hydroxyl groups is 1. The number of esters is 1. The van der Waals surface area contributed by atoms with E-state index in [0.29, 0.717) is 25.2 Å². The molecule has 1 aliphatic heterocycles. The van der Waals surface area contributed by atoms with Gasteiger partial charge in [0.2, 0.25) is 0 Å². The maximum absolute atomic E-state index is 12.5. The SMILES string of the molecule is O=C(O[C@@H]1C2CC(CO2)C(O)[C@H]1OCc1ccccc1)c1ccccc1. The van der Waals surface area contributed by atoms with Gasteiger partial charge in [-0.25, -0.2) is 4.79 Å². The van der Waals surface area contributed by atoms with E-state index in [2.05, 4.69) is 0 Å². The summed E-state index contributed by atoms with van der Waals surface area (Å²) in [4.78, 5) is 12.5. The maximum Gasteiger partial charge on any atom is 0.338 e. The molecule has 1 aliphatic carbocycles. The molecule has 5 atom stereocenters. The van der Waals surface area contributed by atoms with Crippen molar-refractivity contribution in [1.29, 1.82) is 0 Å². The molecular weight excluding hydrogens is 332 g/mol. The molecule has 5 nitrogen and oxygen atoms in total. The topological polar surface area (TPSA) is 65.0 Å². The second-order valence-corrected chi connectivity index (χ2v) is 6.86. The fraction of sp³-hybridized carbons (Fsp3) is 0.381. The molecule has 4 rings (SSSR count). The average molecular weight is 354 g/mol. The number of ether oxygens (including phenoxy) is 3. The molecule has 136 valence electrons. The molecule has 0 amide bonds. The first kappa shape index (κ1) is 17.2. The first-order chi connectivity index (χ1) is 12.7. The van der Waals surface area contributed by atoms with Crippen molar-refractivity contribution >= 4 is 5.97 Å². The van der Waals surface area contributed by atoms with Crippen molar-refractivity contribution in [1.82, 2.24) is 0 Å². The highest BCUT2D eigenvalue weighted by Crippen LogP contribution is 2.37. The minimum absolute atomic E-state index is 0.0208. The second-order valence-electron chi connectivity index (χ2n) is 6.86. The van der Waals surface area contributed by atoms with E-state index in [-0.39, 0.29) is 12.0 Å². The van der Waals surface area contributed by atoms with Gasteiger partial charge >= 0.3 is 5.97 Å². The number of rotatable bonds is 5. The molecule has 0 radical (unpaired) electrons. The van der Waals surface area contributed by atoms with Crippen molar-refractivity contribution in [2.75, 3.05) is 6.61 Å². The number of fused-ring (bicyclic) bond motifs is 2. The van der Waals surface area contributed by atoms with Crippen LogP contribution in [0, 0.1) is 5.92 Å². The lowest BCUT2D eigenvalue weighted by atomic mass is 9.83. The molecule has 2 aromatic rings. The summed E-state index contributed by atoms with van der Waals surface area (Å²) in [6.07, 6.45) is -1.50. The Kier molecular flexibility index (Phi) is 5.02. The molecule has 3 unspecified atom stereocenters. The smallest absolute Gasteiger partial charge is 0.338 e. The number of carbonyl (C=O) groups is 1. The third kappa shape index (κ3) is 3.51. The summed E-state index contributed by atoms with van der Waals surface area (Å²) in [5.74, 6) is -0.405. The first-order valence-corrected chi connectivity index (χ1v) is 8.93. The Morgan fingerprint density at radius 2 is 1.73 bits per heavy atom. The van der Waals surface area contributed by atoms with E-state index < -0.39 is 24.3 Å². The highest BCUT2D eigenvalue weighted by molar-refractivity contribution is 5.89. The summed E-state index contributed by atoms with van der Waals surface area (Å²) in [7, 11) is 0. The Morgan fingerprint density at radius 1 is 1.04 bits per heavy atom. The molecule has 0 spiro atoms. The van der Waals surface area contributed by atoms with Gasteiger partial charge in [-0.05, 0) is 24.1 Å². The molecule has 1 N–H and O–H groups in total. The van der Waals surface area contributed by atoms with Crippen molar-refractivity contribution < 1.29 is 24.1 Å². The molecular formula is C21H22O5. The Bertz CT molecular complexity index is 733. The van der Waals surface area contributed by atoms with Gasteiger partial charge in [-0.3, -0.25) is 0 Å². The number of hydrogen-bond donors (Lipinski definition) is 1. The second kappa shape index (κ2) is 7.58. The molecule has 1 saturated heterocycles. The van der Waals surface area contributed by atoms with E-state index >= 15 is 0 Å². The van der Waals surface area contributed by atoms with Gasteiger partial charge in [0.25, 0.3) is 0 Å². The summed E-state index contributed by atoms with van der Waals surface area (Å²) in [6.45, 7) is 0.817. The van der Waals surface area contributed by atoms with Crippen molar-refractivity contribution in [3.63, 3.8) is 0 Å². The Labute approximate surface area is 152 Å². The zero-order chi connectivity index (χ0) is 17.9. The van der Waals surface area contributed by atoms with Gasteiger partial charge in [0, 0.05) is 5.92 Å². The van der Waals surface area contributed by atoms with Crippen LogP contribution in [0.1, 0.15) is 22.3 Å². The number of benzene rings is 2. The Balaban J connectivity index is 1.50. The fourth-order valence-electron chi connectivity index (χ4n) is 3.69. The van der Waals surface area contributed by atoms with E-state index in [1.54, 1.807) is 24.3 Å². The van der Waals surface area contributed by atoms with Gasteiger partial charge in [0.05, 0.1) is 31.0 Å². The van der Waals surface area contributed by atoms with E-state index in [1.165, 1.54) is 0 Å². The van der Waals surface area contributed by atoms with Crippen LogP contribution in [-0.4, -0.2) is 42.1 Å². The summed E-state index contributed by atoms with van der Waals surface area (Å²) in [5.41, 5.74) is 1.48. The predicted octanol–water partition coefficient (Wildman–Crippen LogP) is 2.58. The zero-order valence-electron chi connectivity index (χ0n) is 14.4. The Morgan fingerprint density at radius 3 is 2.46 bits per heavy atom. The Hall–Kier alpha value is -2.21. The summed E-state index contributed by atoms with van der Waals surface area (Å²) in [6, 6.07) is 18.6. The lowest BCUT2D eigenvalue weighted by Crippen LogP contribution is -2.53. The highest BCUT2D eigenvalue weighted by atomic mass is 16.6. The summed E-state index contributed by atoms with van der Waals surface area (Å²) < 4.78 is 17.5. The minimum Gasteiger partial charge on any atom is -0.453 e. The zero-order valence-corrected chi connectivity index (χ0v) is 14.4. The van der Waals surface area contributed by atoms with E-state index in [1.807, 2.05) is 36.4 Å². The van der Waals surface area contributed by atoms with E-state index in [4.69, 9.17) is 14.2 Å². The van der Waals surface area contributed by atoms with Gasteiger partial charge in [-0.15, -0.1) is 0 Å². The number of carbonyl (C=O) groups excluding carboxylic acids is 1. The summed E-state index contributed by atoms with van der Waals surface area (Å²) in [5, 5.41) is 10.7. The molecule has 2 fully saturated rings. The van der Waals surface area contributed by atoms with Crippen LogP contribution in [0.25, 0.3) is 0 Å². The quantitative estimate of drug-likeness (QED) is 0.836. The monoisotopic (exact) mass is 354 g/mol. The van der Waals surface area contributed by atoms with Crippen molar-refractivity contribution in [2.45, 2.75) is 37.4 Å². The van der Waals surface area contributed by atoms with Crippen LogP contribution in [-0.2, 0) is 20.8 Å². The van der Waals surface area contributed by atoms with Crippen LogP contribution < -0.4 is 0 Å². The van der Waals surface area contributed by atoms with Crippen molar-refractivity contribution in [2.24, 2.45) is 5.92 Å². The van der Waals surface area contributed by atoms with Gasteiger partial charge < -0.3 is 19.3 Å². The van der Waals surface area contributed by atoms with Crippen LogP contribution in [0.5, 0.6) is 0 Å². The molecule has 0 aromatic heterocycles. The van der Waals surface area contributed by atoms with Gasteiger partial charge in [-0.1, -0.05) is 48.5 Å². The van der Waals surface area contributed by atoms with Crippen LogP contribution in [0.3, 0.4) is 0 Å². The maximum atomic E-state index is 12.5. The van der Waals surface area contributed by atoms with Crippen molar-refractivity contribution in [3.8, 4) is 0 Å². The van der Waals surface area contributed by atoms with Gasteiger partial charge in [0.1, 0.15) is 6.10 Å². The van der Waals surface area contributed by atoms with Crippen LogP contribution in [0.2, 0.25) is 0 Å². The lowest BCUT2D eigenvalue weighted by Gasteiger charge is -2.38. The van der Waals surface area contributed by atoms with Crippen LogP contribution in [0.15, 0.2) is 60.7 Å². The fourth-order valence-corrected chi connectivity index (χ4v) is 3.69. The highest BCUT2D eigenvalue weighted by Gasteiger charge is 2.51. The summed E-state index contributed by atoms with van der Waals surface area (Å²) >= 11 is 0. The van der Waals surface area contributed by atoms with Crippen molar-refractivity contribution in [3.05, 3.63) is 71.8 Å². The average Bonchev–Trinajstić information content (AvgIpc) is 3.14. The molecule has 1 heterocycles. The van der Waals surface area contributed by atoms with Crippen LogP contribution in [0.4, 0.5) is 0 Å². The third-order valence-electron chi connectivity index (χ3n) is 5.11. The van der Waals surface area contributed by atoms with Gasteiger partial charge in [-0.2, -0.15) is 0 Å². The largest absolute Gasteiger partial charge is 0.453 e. The van der Waals surface area contributed by atoms with E-state index in [0.717, 1.165) is 5.56 Å². The molecule has 26 heavy (non-hydrogen) atoms. The minimum atomic E-state index is -0.717. The van der Waals surface area contributed by atoms with Crippen LogP contribution >= 0.6 is 0 Å². The molecule has 2 aliphatic rings. The lowest BCUT2D eigenvalue weighted by molar-refractivity contribution is -0.155. The molecule has 1 saturated carbocycles. The number of hydrogen-bond acceptors (Lipinski definition) is 5. The molecule has 5 heteroatoms. The van der Waals surface area contributed by atoms with Gasteiger partial charge in [0.15, 0.2) is 6.10 Å². The first-order valence-electron chi connectivity index (χ1n) is 8.93.